The first-order valence-corrected chi connectivity index (χ1v) is 7.15. The summed E-state index contributed by atoms with van der Waals surface area (Å²) in [5.74, 6) is 0. The summed E-state index contributed by atoms with van der Waals surface area (Å²) in [6, 6.07) is 13.0. The fourth-order valence-electron chi connectivity index (χ4n) is 2.66. The van der Waals surface area contributed by atoms with Crippen LogP contribution in [0.4, 0.5) is 18.9 Å². The van der Waals surface area contributed by atoms with Crippen LogP contribution in [0.3, 0.4) is 0 Å². The summed E-state index contributed by atoms with van der Waals surface area (Å²) in [5.41, 5.74) is 1.72. The van der Waals surface area contributed by atoms with Crippen molar-refractivity contribution in [3.63, 3.8) is 0 Å². The number of para-hydroxylation sites is 1. The molecule has 1 fully saturated rings. The van der Waals surface area contributed by atoms with Crippen LogP contribution in [0.5, 0.6) is 0 Å². The van der Waals surface area contributed by atoms with Crippen molar-refractivity contribution in [1.82, 2.24) is 0 Å². The van der Waals surface area contributed by atoms with Gasteiger partial charge >= 0.3 is 6.18 Å². The van der Waals surface area contributed by atoms with Gasteiger partial charge in [-0.2, -0.15) is 13.2 Å². The molecule has 1 saturated heterocycles. The van der Waals surface area contributed by atoms with E-state index in [4.69, 9.17) is 4.74 Å². The van der Waals surface area contributed by atoms with Crippen molar-refractivity contribution in [2.45, 2.75) is 6.18 Å². The first kappa shape index (κ1) is 14.9. The predicted molar refractivity (Wildman–Crippen MR) is 79.9 cm³/mol. The topological polar surface area (TPSA) is 12.5 Å². The lowest BCUT2D eigenvalue weighted by molar-refractivity contribution is -0.137. The van der Waals surface area contributed by atoms with Crippen molar-refractivity contribution in [1.29, 1.82) is 0 Å². The third-order valence-corrected chi connectivity index (χ3v) is 3.76. The zero-order valence-corrected chi connectivity index (χ0v) is 11.9. The molecule has 0 radical (unpaired) electrons. The number of hydrogen-bond donors (Lipinski definition) is 0. The van der Waals surface area contributed by atoms with Crippen LogP contribution in [0, 0.1) is 0 Å². The Labute approximate surface area is 127 Å². The largest absolute Gasteiger partial charge is 0.416 e. The van der Waals surface area contributed by atoms with Gasteiger partial charge in [0.15, 0.2) is 0 Å². The van der Waals surface area contributed by atoms with E-state index in [0.29, 0.717) is 18.8 Å². The zero-order valence-electron chi connectivity index (χ0n) is 11.9. The normalized spacial score (nSPS) is 15.9. The Kier molecular flexibility index (Phi) is 4.07. The lowest BCUT2D eigenvalue weighted by atomic mass is 10.0. The van der Waals surface area contributed by atoms with Crippen LogP contribution in [0.25, 0.3) is 11.1 Å². The molecule has 0 atom stereocenters. The average Bonchev–Trinajstić information content (AvgIpc) is 2.55. The Bertz CT molecular complexity index is 648. The van der Waals surface area contributed by atoms with Crippen molar-refractivity contribution in [2.24, 2.45) is 0 Å². The van der Waals surface area contributed by atoms with Crippen LogP contribution in [-0.4, -0.2) is 26.3 Å². The molecule has 0 amide bonds. The van der Waals surface area contributed by atoms with E-state index in [1.807, 2.05) is 24.3 Å². The van der Waals surface area contributed by atoms with E-state index in [1.54, 1.807) is 6.07 Å². The van der Waals surface area contributed by atoms with E-state index < -0.39 is 11.7 Å². The highest BCUT2D eigenvalue weighted by Crippen LogP contribution is 2.35. The van der Waals surface area contributed by atoms with E-state index in [0.717, 1.165) is 30.4 Å². The van der Waals surface area contributed by atoms with Crippen molar-refractivity contribution in [2.75, 3.05) is 31.2 Å². The number of hydrogen-bond acceptors (Lipinski definition) is 2. The lowest BCUT2D eigenvalue weighted by Gasteiger charge is -2.30. The smallest absolute Gasteiger partial charge is 0.378 e. The molecule has 1 aliphatic heterocycles. The second kappa shape index (κ2) is 6.01. The molecule has 1 aliphatic rings. The summed E-state index contributed by atoms with van der Waals surface area (Å²) >= 11 is 0. The number of anilines is 1. The number of halogens is 3. The number of benzene rings is 2. The molecule has 0 N–H and O–H groups in total. The number of morpholine rings is 1. The SMILES string of the molecule is FC(F)(F)c1cccc(-c2ccccc2N2CCOCC2)c1. The molecule has 2 nitrogen and oxygen atoms in total. The van der Waals surface area contributed by atoms with Gasteiger partial charge < -0.3 is 9.64 Å². The fraction of sp³-hybridized carbons (Fsp3) is 0.294. The molecule has 3 rings (SSSR count). The monoisotopic (exact) mass is 307 g/mol. The molecular weight excluding hydrogens is 291 g/mol. The Hall–Kier alpha value is -2.01. The van der Waals surface area contributed by atoms with Crippen LogP contribution in [-0.2, 0) is 10.9 Å². The molecule has 0 aromatic heterocycles. The summed E-state index contributed by atoms with van der Waals surface area (Å²) in [4.78, 5) is 2.15. The van der Waals surface area contributed by atoms with Crippen molar-refractivity contribution >= 4 is 5.69 Å². The molecule has 5 heteroatoms. The predicted octanol–water partition coefficient (Wildman–Crippen LogP) is 4.21. The molecule has 2 aromatic rings. The first-order chi connectivity index (χ1) is 10.6. The second-order valence-corrected chi connectivity index (χ2v) is 5.20. The summed E-state index contributed by atoms with van der Waals surface area (Å²) in [5, 5.41) is 0. The highest BCUT2D eigenvalue weighted by Gasteiger charge is 2.30. The van der Waals surface area contributed by atoms with Gasteiger partial charge in [-0.05, 0) is 23.8 Å². The molecule has 0 unspecified atom stereocenters. The Balaban J connectivity index is 2.01. The van der Waals surface area contributed by atoms with Crippen LogP contribution in [0.15, 0.2) is 48.5 Å². The van der Waals surface area contributed by atoms with Crippen molar-refractivity contribution in [3.8, 4) is 11.1 Å². The first-order valence-electron chi connectivity index (χ1n) is 7.15. The summed E-state index contributed by atoms with van der Waals surface area (Å²) in [6.07, 6.45) is -4.33. The summed E-state index contributed by atoms with van der Waals surface area (Å²) in [6.45, 7) is 2.76. The fourth-order valence-corrected chi connectivity index (χ4v) is 2.66. The van der Waals surface area contributed by atoms with Gasteiger partial charge in [0.25, 0.3) is 0 Å². The van der Waals surface area contributed by atoms with Crippen LogP contribution < -0.4 is 4.90 Å². The quantitative estimate of drug-likeness (QED) is 0.824. The van der Waals surface area contributed by atoms with Gasteiger partial charge in [-0.1, -0.05) is 30.3 Å². The van der Waals surface area contributed by atoms with Gasteiger partial charge in [-0.15, -0.1) is 0 Å². The maximum atomic E-state index is 12.9. The van der Waals surface area contributed by atoms with Gasteiger partial charge in [0.05, 0.1) is 18.8 Å². The average molecular weight is 307 g/mol. The molecule has 22 heavy (non-hydrogen) atoms. The lowest BCUT2D eigenvalue weighted by Crippen LogP contribution is -2.36. The number of rotatable bonds is 2. The van der Waals surface area contributed by atoms with Crippen molar-refractivity contribution < 1.29 is 17.9 Å². The van der Waals surface area contributed by atoms with E-state index in [9.17, 15) is 13.2 Å². The molecule has 0 aliphatic carbocycles. The molecule has 2 aromatic carbocycles. The maximum Gasteiger partial charge on any atom is 0.416 e. The van der Waals surface area contributed by atoms with E-state index in [2.05, 4.69) is 4.90 Å². The minimum Gasteiger partial charge on any atom is -0.378 e. The summed E-state index contributed by atoms with van der Waals surface area (Å²) < 4.78 is 44.1. The minimum atomic E-state index is -4.33. The summed E-state index contributed by atoms with van der Waals surface area (Å²) in [7, 11) is 0. The number of alkyl halides is 3. The van der Waals surface area contributed by atoms with Gasteiger partial charge in [0.1, 0.15) is 0 Å². The van der Waals surface area contributed by atoms with E-state index >= 15 is 0 Å². The van der Waals surface area contributed by atoms with Crippen LogP contribution in [0.2, 0.25) is 0 Å². The van der Waals surface area contributed by atoms with E-state index in [-0.39, 0.29) is 0 Å². The maximum absolute atomic E-state index is 12.9. The molecule has 1 heterocycles. The Morgan fingerprint density at radius 3 is 2.36 bits per heavy atom. The Morgan fingerprint density at radius 1 is 0.909 bits per heavy atom. The van der Waals surface area contributed by atoms with Crippen molar-refractivity contribution in [3.05, 3.63) is 54.1 Å². The second-order valence-electron chi connectivity index (χ2n) is 5.20. The molecule has 0 bridgehead atoms. The third kappa shape index (κ3) is 3.09. The number of nitrogens with zero attached hydrogens (tertiary/aromatic N) is 1. The van der Waals surface area contributed by atoms with Gasteiger partial charge in [0, 0.05) is 24.3 Å². The zero-order chi connectivity index (χ0) is 15.6. The third-order valence-electron chi connectivity index (χ3n) is 3.76. The van der Waals surface area contributed by atoms with Crippen LogP contribution >= 0.6 is 0 Å². The molecule has 0 spiro atoms. The highest BCUT2D eigenvalue weighted by molar-refractivity contribution is 5.79. The molecular formula is C17H16F3NO. The van der Waals surface area contributed by atoms with Gasteiger partial charge in [-0.3, -0.25) is 0 Å². The highest BCUT2D eigenvalue weighted by atomic mass is 19.4. The molecule has 0 saturated carbocycles. The Morgan fingerprint density at radius 2 is 1.64 bits per heavy atom. The van der Waals surface area contributed by atoms with E-state index in [1.165, 1.54) is 12.1 Å². The van der Waals surface area contributed by atoms with Gasteiger partial charge in [-0.25, -0.2) is 0 Å². The van der Waals surface area contributed by atoms with Gasteiger partial charge in [0.2, 0.25) is 0 Å². The standard InChI is InChI=1S/C17H16F3NO/c18-17(19,20)14-5-3-4-13(12-14)15-6-1-2-7-16(15)21-8-10-22-11-9-21/h1-7,12H,8-11H2. The number of ether oxygens (including phenoxy) is 1. The molecule has 116 valence electrons. The minimum absolute atomic E-state index is 0.580. The van der Waals surface area contributed by atoms with Crippen LogP contribution in [0.1, 0.15) is 5.56 Å².